The average molecular weight is 236 g/mol. The van der Waals surface area contributed by atoms with Crippen molar-refractivity contribution in [3.63, 3.8) is 0 Å². The Morgan fingerprint density at radius 2 is 2.06 bits per heavy atom. The van der Waals surface area contributed by atoms with Crippen LogP contribution in [0.2, 0.25) is 0 Å². The van der Waals surface area contributed by atoms with Crippen molar-refractivity contribution in [1.82, 2.24) is 14.7 Å². The number of rotatable bonds is 2. The maximum atomic E-state index is 12.2. The molecule has 3 unspecified atom stereocenters. The number of aromatic nitrogens is 2. The first-order valence-electron chi connectivity index (χ1n) is 6.02. The van der Waals surface area contributed by atoms with E-state index >= 15 is 0 Å². The average Bonchev–Trinajstić information content (AvgIpc) is 2.85. The molecule has 3 atom stereocenters. The van der Waals surface area contributed by atoms with Gasteiger partial charge in [-0.25, -0.2) is 0 Å². The molecular formula is C12H20N4O. The molecule has 5 heteroatoms. The topological polar surface area (TPSA) is 64.2 Å². The lowest BCUT2D eigenvalue weighted by atomic mass is 10.0. The number of carbonyl (C=O) groups excluding carboxylic acids is 1. The summed E-state index contributed by atoms with van der Waals surface area (Å²) in [5, 5.41) is 4.04. The fourth-order valence-electron chi connectivity index (χ4n) is 2.25. The van der Waals surface area contributed by atoms with Crippen LogP contribution in [-0.2, 0) is 11.8 Å². The zero-order valence-electron chi connectivity index (χ0n) is 10.6. The van der Waals surface area contributed by atoms with E-state index in [1.807, 2.05) is 11.9 Å². The Morgan fingerprint density at radius 3 is 2.53 bits per heavy atom. The molecule has 0 aliphatic carbocycles. The summed E-state index contributed by atoms with van der Waals surface area (Å²) in [6.07, 6.45) is 3.46. The van der Waals surface area contributed by atoms with Crippen LogP contribution in [0, 0.1) is 11.8 Å². The molecule has 1 aliphatic heterocycles. The van der Waals surface area contributed by atoms with Crippen LogP contribution >= 0.6 is 0 Å². The number of nitrogens with two attached hydrogens (primary N) is 1. The van der Waals surface area contributed by atoms with E-state index < -0.39 is 6.04 Å². The molecule has 1 saturated heterocycles. The van der Waals surface area contributed by atoms with E-state index in [1.54, 1.807) is 17.1 Å². The van der Waals surface area contributed by atoms with Gasteiger partial charge in [-0.2, -0.15) is 5.10 Å². The highest BCUT2D eigenvalue weighted by Gasteiger charge is 2.32. The minimum atomic E-state index is -0.582. The van der Waals surface area contributed by atoms with E-state index in [-0.39, 0.29) is 5.91 Å². The molecule has 0 saturated carbocycles. The molecule has 1 aromatic heterocycles. The zero-order chi connectivity index (χ0) is 12.6. The quantitative estimate of drug-likeness (QED) is 0.815. The van der Waals surface area contributed by atoms with Crippen molar-refractivity contribution in [2.45, 2.75) is 19.9 Å². The third-order valence-corrected chi connectivity index (χ3v) is 3.65. The van der Waals surface area contributed by atoms with Gasteiger partial charge in [-0.3, -0.25) is 9.48 Å². The van der Waals surface area contributed by atoms with Gasteiger partial charge in [0.05, 0.1) is 6.20 Å². The van der Waals surface area contributed by atoms with Gasteiger partial charge in [-0.05, 0) is 11.8 Å². The highest BCUT2D eigenvalue weighted by molar-refractivity contribution is 5.83. The molecule has 0 spiro atoms. The van der Waals surface area contributed by atoms with Gasteiger partial charge >= 0.3 is 0 Å². The van der Waals surface area contributed by atoms with Crippen molar-refractivity contribution in [2.24, 2.45) is 24.6 Å². The predicted octanol–water partition coefficient (Wildman–Crippen LogP) is 0.534. The van der Waals surface area contributed by atoms with Gasteiger partial charge in [0.1, 0.15) is 6.04 Å². The van der Waals surface area contributed by atoms with Gasteiger partial charge in [0.2, 0.25) is 5.91 Å². The smallest absolute Gasteiger partial charge is 0.244 e. The molecule has 0 bridgehead atoms. The summed E-state index contributed by atoms with van der Waals surface area (Å²) in [6, 6.07) is -0.582. The Kier molecular flexibility index (Phi) is 3.19. The maximum absolute atomic E-state index is 12.2. The van der Waals surface area contributed by atoms with Crippen molar-refractivity contribution in [2.75, 3.05) is 13.1 Å². The van der Waals surface area contributed by atoms with Crippen molar-refractivity contribution in [1.29, 1.82) is 0 Å². The highest BCUT2D eigenvalue weighted by atomic mass is 16.2. The Bertz CT molecular complexity index is 404. The van der Waals surface area contributed by atoms with Gasteiger partial charge in [-0.15, -0.1) is 0 Å². The van der Waals surface area contributed by atoms with E-state index in [0.29, 0.717) is 11.8 Å². The van der Waals surface area contributed by atoms with Gasteiger partial charge < -0.3 is 10.6 Å². The minimum absolute atomic E-state index is 0.00852. The number of aryl methyl sites for hydroxylation is 1. The van der Waals surface area contributed by atoms with Crippen molar-refractivity contribution < 1.29 is 4.79 Å². The summed E-state index contributed by atoms with van der Waals surface area (Å²) in [6.45, 7) is 5.98. The number of hydrogen-bond donors (Lipinski definition) is 1. The fraction of sp³-hybridized carbons (Fsp3) is 0.667. The fourth-order valence-corrected chi connectivity index (χ4v) is 2.25. The molecule has 1 amide bonds. The Labute approximate surface area is 102 Å². The Hall–Kier alpha value is -1.36. The second-order valence-electron chi connectivity index (χ2n) is 5.12. The van der Waals surface area contributed by atoms with Crippen molar-refractivity contribution in [3.05, 3.63) is 18.0 Å². The standard InChI is InChI=1S/C12H20N4O/c1-8-5-16(6-9(8)2)12(17)11(13)10-4-14-15(3)7-10/h4,7-9,11H,5-6,13H2,1-3H3. The van der Waals surface area contributed by atoms with E-state index in [0.717, 1.165) is 18.7 Å². The van der Waals surface area contributed by atoms with E-state index in [4.69, 9.17) is 5.73 Å². The summed E-state index contributed by atoms with van der Waals surface area (Å²) in [5.41, 5.74) is 6.76. The zero-order valence-corrected chi connectivity index (χ0v) is 10.6. The molecule has 94 valence electrons. The van der Waals surface area contributed by atoms with E-state index in [2.05, 4.69) is 18.9 Å². The van der Waals surface area contributed by atoms with Crippen molar-refractivity contribution in [3.8, 4) is 0 Å². The number of nitrogens with zero attached hydrogens (tertiary/aromatic N) is 3. The van der Waals surface area contributed by atoms with Gasteiger partial charge in [0.15, 0.2) is 0 Å². The number of hydrogen-bond acceptors (Lipinski definition) is 3. The van der Waals surface area contributed by atoms with Crippen LogP contribution in [0.4, 0.5) is 0 Å². The molecule has 1 fully saturated rings. The summed E-state index contributed by atoms with van der Waals surface area (Å²) < 4.78 is 1.66. The predicted molar refractivity (Wildman–Crippen MR) is 65.0 cm³/mol. The van der Waals surface area contributed by atoms with Gasteiger partial charge in [-0.1, -0.05) is 13.8 Å². The lowest BCUT2D eigenvalue weighted by Gasteiger charge is -2.19. The molecule has 1 aliphatic rings. The first-order valence-corrected chi connectivity index (χ1v) is 6.02. The Morgan fingerprint density at radius 1 is 1.47 bits per heavy atom. The first-order chi connectivity index (χ1) is 7.99. The lowest BCUT2D eigenvalue weighted by molar-refractivity contribution is -0.131. The summed E-state index contributed by atoms with van der Waals surface area (Å²) in [7, 11) is 1.82. The monoisotopic (exact) mass is 236 g/mol. The van der Waals surface area contributed by atoms with E-state index in [9.17, 15) is 4.79 Å². The number of amides is 1. The second-order valence-corrected chi connectivity index (χ2v) is 5.12. The van der Waals surface area contributed by atoms with Crippen LogP contribution in [0.3, 0.4) is 0 Å². The Balaban J connectivity index is 2.05. The molecule has 2 rings (SSSR count). The summed E-state index contributed by atoms with van der Waals surface area (Å²) in [4.78, 5) is 14.1. The van der Waals surface area contributed by atoms with Crippen LogP contribution in [0.5, 0.6) is 0 Å². The summed E-state index contributed by atoms with van der Waals surface area (Å²) >= 11 is 0. The van der Waals surface area contributed by atoms with Gasteiger partial charge in [0.25, 0.3) is 0 Å². The van der Waals surface area contributed by atoms with Crippen LogP contribution < -0.4 is 5.73 Å². The molecular weight excluding hydrogens is 216 g/mol. The molecule has 1 aromatic rings. The molecule has 0 aromatic carbocycles. The number of likely N-dealkylation sites (tertiary alicyclic amines) is 1. The van der Waals surface area contributed by atoms with Crippen molar-refractivity contribution >= 4 is 5.91 Å². The highest BCUT2D eigenvalue weighted by Crippen LogP contribution is 2.24. The van der Waals surface area contributed by atoms with Gasteiger partial charge in [0, 0.05) is 31.9 Å². The lowest BCUT2D eigenvalue weighted by Crippen LogP contribution is -2.37. The third-order valence-electron chi connectivity index (χ3n) is 3.65. The maximum Gasteiger partial charge on any atom is 0.244 e. The molecule has 17 heavy (non-hydrogen) atoms. The normalized spacial score (nSPS) is 26.2. The van der Waals surface area contributed by atoms with E-state index in [1.165, 1.54) is 0 Å². The van der Waals surface area contributed by atoms with Crippen LogP contribution in [0.25, 0.3) is 0 Å². The largest absolute Gasteiger partial charge is 0.340 e. The van der Waals surface area contributed by atoms with Crippen LogP contribution in [0.1, 0.15) is 25.5 Å². The molecule has 2 heterocycles. The SMILES string of the molecule is CC1CN(C(=O)C(N)c2cnn(C)c2)CC1C. The molecule has 2 N–H and O–H groups in total. The first kappa shape index (κ1) is 12.1. The third kappa shape index (κ3) is 2.34. The van der Waals surface area contributed by atoms with Crippen LogP contribution in [0.15, 0.2) is 12.4 Å². The molecule has 0 radical (unpaired) electrons. The number of carbonyl (C=O) groups is 1. The second kappa shape index (κ2) is 4.49. The minimum Gasteiger partial charge on any atom is -0.340 e. The molecule has 5 nitrogen and oxygen atoms in total. The van der Waals surface area contributed by atoms with Crippen LogP contribution in [-0.4, -0.2) is 33.7 Å². The summed E-state index contributed by atoms with van der Waals surface area (Å²) in [5.74, 6) is 1.12.